The Morgan fingerprint density at radius 3 is 2.45 bits per heavy atom. The number of thiazole rings is 1. The second-order valence-electron chi connectivity index (χ2n) is 16.8. The molecule has 1 spiro atoms. The third-order valence-corrected chi connectivity index (χ3v) is 12.5. The molecule has 3 aliphatic rings. The molecule has 0 radical (unpaired) electrons. The normalized spacial score (nSPS) is 16.7. The first kappa shape index (κ1) is 39.5. The Labute approximate surface area is 343 Å². The minimum absolute atomic E-state index is 0.103. The number of pyridine rings is 1. The Kier molecular flexibility index (Phi) is 11.0. The molecule has 2 aliphatic heterocycles. The molecule has 8 rings (SSSR count). The lowest BCUT2D eigenvalue weighted by atomic mass is 9.61. The summed E-state index contributed by atoms with van der Waals surface area (Å²) in [5, 5.41) is 3.58. The largest absolute Gasteiger partial charge is 0.490 e. The summed E-state index contributed by atoms with van der Waals surface area (Å²) in [5.74, 6) is 0.563. The first-order valence-corrected chi connectivity index (χ1v) is 21.1. The molecule has 4 heterocycles. The van der Waals surface area contributed by atoms with Crippen LogP contribution in [0.25, 0.3) is 21.3 Å². The van der Waals surface area contributed by atoms with Gasteiger partial charge in [0, 0.05) is 24.2 Å². The number of carbonyl (C=O) groups is 3. The van der Waals surface area contributed by atoms with Crippen molar-refractivity contribution < 1.29 is 28.6 Å². The standard InChI is InChI=1S/C46H51N5O6S/c1-6-55-40(52)28-50-23-20-46(21-24-50)25-31(26-46)56-37-15-10-12-32(29(37)2)33-17-18-39(48-41(33)43(54)57-45(3,4)5)51-22-19-30-11-9-13-34(35(30)27-51)42(53)49-44-47-36-14-7-8-16-38(36)58-44/h7-18,31H,6,19-28H2,1-5H3,(H,47,49,53). The van der Waals surface area contributed by atoms with Crippen LogP contribution in [0.3, 0.4) is 0 Å². The molecule has 58 heavy (non-hydrogen) atoms. The van der Waals surface area contributed by atoms with Gasteiger partial charge in [-0.3, -0.25) is 19.8 Å². The number of aromatic nitrogens is 2. The number of carbonyl (C=O) groups excluding carboxylic acids is 3. The molecule has 11 nitrogen and oxygen atoms in total. The van der Waals surface area contributed by atoms with Gasteiger partial charge in [-0.05, 0) is 144 Å². The van der Waals surface area contributed by atoms with Gasteiger partial charge >= 0.3 is 11.9 Å². The minimum Gasteiger partial charge on any atom is -0.490 e. The summed E-state index contributed by atoms with van der Waals surface area (Å²) in [6, 6.07) is 23.6. The van der Waals surface area contributed by atoms with Gasteiger partial charge in [0.05, 0.1) is 29.5 Å². The third kappa shape index (κ3) is 8.44. The number of fused-ring (bicyclic) bond motifs is 2. The van der Waals surface area contributed by atoms with E-state index in [0.717, 1.165) is 83.4 Å². The molecule has 3 aromatic carbocycles. The number of likely N-dealkylation sites (tertiary alicyclic amines) is 1. The molecule has 302 valence electrons. The number of nitrogens with one attached hydrogen (secondary N) is 1. The monoisotopic (exact) mass is 801 g/mol. The molecule has 0 unspecified atom stereocenters. The lowest BCUT2D eigenvalue weighted by Gasteiger charge is -2.51. The van der Waals surface area contributed by atoms with Crippen molar-refractivity contribution in [2.24, 2.45) is 5.41 Å². The Bertz CT molecular complexity index is 2320. The highest BCUT2D eigenvalue weighted by Gasteiger charge is 2.47. The summed E-state index contributed by atoms with van der Waals surface area (Å²) in [6.45, 7) is 13.1. The Morgan fingerprint density at radius 2 is 1.69 bits per heavy atom. The van der Waals surface area contributed by atoms with Crippen molar-refractivity contribution in [2.75, 3.05) is 43.0 Å². The fourth-order valence-corrected chi connectivity index (χ4v) is 9.45. The first-order valence-electron chi connectivity index (χ1n) is 20.3. The van der Waals surface area contributed by atoms with Crippen LogP contribution in [0.15, 0.2) is 72.8 Å². The molecule has 2 fully saturated rings. The van der Waals surface area contributed by atoms with Gasteiger partial charge < -0.3 is 19.1 Å². The van der Waals surface area contributed by atoms with Crippen LogP contribution in [-0.2, 0) is 27.2 Å². The molecule has 2 aromatic heterocycles. The van der Waals surface area contributed by atoms with Gasteiger partial charge in [0.15, 0.2) is 10.8 Å². The van der Waals surface area contributed by atoms with E-state index in [1.165, 1.54) is 11.3 Å². The van der Waals surface area contributed by atoms with Crippen LogP contribution in [0.2, 0.25) is 0 Å². The van der Waals surface area contributed by atoms with Gasteiger partial charge in [-0.15, -0.1) is 0 Å². The number of hydrogen-bond acceptors (Lipinski definition) is 11. The van der Waals surface area contributed by atoms with Gasteiger partial charge in [-0.1, -0.05) is 47.7 Å². The van der Waals surface area contributed by atoms with E-state index in [-0.39, 0.29) is 29.1 Å². The van der Waals surface area contributed by atoms with Crippen LogP contribution in [0.5, 0.6) is 5.75 Å². The number of nitrogens with zero attached hydrogens (tertiary/aromatic N) is 4. The number of amides is 1. The molecule has 5 aromatic rings. The summed E-state index contributed by atoms with van der Waals surface area (Å²) in [7, 11) is 0. The van der Waals surface area contributed by atoms with Crippen LogP contribution in [-0.4, -0.2) is 77.2 Å². The van der Waals surface area contributed by atoms with Crippen molar-refractivity contribution in [2.45, 2.75) is 85.0 Å². The van der Waals surface area contributed by atoms with Crippen LogP contribution >= 0.6 is 11.3 Å². The Balaban J connectivity index is 1.00. The summed E-state index contributed by atoms with van der Waals surface area (Å²) in [5.41, 5.74) is 5.71. The zero-order chi connectivity index (χ0) is 40.6. The first-order chi connectivity index (χ1) is 27.9. The van der Waals surface area contributed by atoms with Crippen LogP contribution in [0.1, 0.15) is 90.9 Å². The zero-order valence-corrected chi connectivity index (χ0v) is 34.7. The molecular formula is C46H51N5O6S. The fraction of sp³-hybridized carbons (Fsp3) is 0.413. The lowest BCUT2D eigenvalue weighted by molar-refractivity contribution is -0.145. The van der Waals surface area contributed by atoms with E-state index in [1.54, 1.807) is 0 Å². The number of para-hydroxylation sites is 1. The van der Waals surface area contributed by atoms with Crippen molar-refractivity contribution in [3.05, 3.63) is 101 Å². The second kappa shape index (κ2) is 16.1. The highest BCUT2D eigenvalue weighted by atomic mass is 32.1. The van der Waals surface area contributed by atoms with E-state index in [1.807, 2.05) is 101 Å². The smallest absolute Gasteiger partial charge is 0.358 e. The molecule has 1 amide bonds. The Hall–Kier alpha value is -5.33. The van der Waals surface area contributed by atoms with Crippen LogP contribution < -0.4 is 15.0 Å². The highest BCUT2D eigenvalue weighted by Crippen LogP contribution is 2.51. The maximum Gasteiger partial charge on any atom is 0.358 e. The third-order valence-electron chi connectivity index (χ3n) is 11.6. The van der Waals surface area contributed by atoms with Crippen LogP contribution in [0.4, 0.5) is 10.9 Å². The van der Waals surface area contributed by atoms with Gasteiger partial charge in [-0.25, -0.2) is 14.8 Å². The average Bonchev–Trinajstić information content (AvgIpc) is 3.60. The van der Waals surface area contributed by atoms with Gasteiger partial charge in [0.2, 0.25) is 0 Å². The Morgan fingerprint density at radius 1 is 0.914 bits per heavy atom. The zero-order valence-electron chi connectivity index (χ0n) is 33.9. The average molecular weight is 802 g/mol. The van der Waals surface area contributed by atoms with Crippen molar-refractivity contribution in [1.29, 1.82) is 0 Å². The van der Waals surface area contributed by atoms with Crippen molar-refractivity contribution in [3.63, 3.8) is 0 Å². The number of piperidine rings is 1. The predicted molar refractivity (Wildman–Crippen MR) is 227 cm³/mol. The number of benzene rings is 3. The number of anilines is 2. The van der Waals surface area contributed by atoms with Gasteiger partial charge in [0.1, 0.15) is 17.2 Å². The molecule has 0 bridgehead atoms. The van der Waals surface area contributed by atoms with E-state index in [2.05, 4.69) is 26.2 Å². The SMILES string of the molecule is CCOC(=O)CN1CCC2(CC1)CC(Oc1cccc(-c3ccc(N4CCc5cccc(C(=O)Nc6nc7ccccc7s6)c5C4)nc3C(=O)OC(C)(C)C)c1C)C2. The van der Waals surface area contributed by atoms with E-state index in [0.29, 0.717) is 48.3 Å². The summed E-state index contributed by atoms with van der Waals surface area (Å²) >= 11 is 1.45. The topological polar surface area (TPSA) is 123 Å². The van der Waals surface area contributed by atoms with E-state index in [9.17, 15) is 14.4 Å². The summed E-state index contributed by atoms with van der Waals surface area (Å²) in [6.07, 6.45) is 4.87. The molecule has 12 heteroatoms. The number of ether oxygens (including phenoxy) is 3. The van der Waals surface area contributed by atoms with Crippen molar-refractivity contribution in [1.82, 2.24) is 14.9 Å². The molecule has 1 saturated carbocycles. The second-order valence-corrected chi connectivity index (χ2v) is 17.8. The maximum absolute atomic E-state index is 14.0. The van der Waals surface area contributed by atoms with Crippen molar-refractivity contribution >= 4 is 50.3 Å². The molecule has 0 atom stereocenters. The van der Waals surface area contributed by atoms with Gasteiger partial charge in [-0.2, -0.15) is 0 Å². The summed E-state index contributed by atoms with van der Waals surface area (Å²) in [4.78, 5) is 53.6. The highest BCUT2D eigenvalue weighted by molar-refractivity contribution is 7.22. The van der Waals surface area contributed by atoms with E-state index in [4.69, 9.17) is 19.2 Å². The van der Waals surface area contributed by atoms with Crippen molar-refractivity contribution in [3.8, 4) is 16.9 Å². The summed E-state index contributed by atoms with van der Waals surface area (Å²) < 4.78 is 18.7. The molecule has 1 saturated heterocycles. The maximum atomic E-state index is 14.0. The number of hydrogen-bond donors (Lipinski definition) is 1. The van der Waals surface area contributed by atoms with E-state index >= 15 is 0 Å². The number of rotatable bonds is 10. The predicted octanol–water partition coefficient (Wildman–Crippen LogP) is 8.62. The molecular weight excluding hydrogens is 751 g/mol. The fourth-order valence-electron chi connectivity index (χ4n) is 8.59. The lowest BCUT2D eigenvalue weighted by Crippen LogP contribution is -2.51. The quantitative estimate of drug-likeness (QED) is 0.137. The van der Waals surface area contributed by atoms with Gasteiger partial charge in [0.25, 0.3) is 5.91 Å². The van der Waals surface area contributed by atoms with E-state index < -0.39 is 11.6 Å². The molecule has 1 aliphatic carbocycles. The molecule has 1 N–H and O–H groups in total. The minimum atomic E-state index is -0.725. The number of esters is 2. The van der Waals surface area contributed by atoms with Crippen LogP contribution in [0, 0.1) is 12.3 Å².